The van der Waals surface area contributed by atoms with Crippen molar-refractivity contribution in [3.63, 3.8) is 0 Å². The lowest BCUT2D eigenvalue weighted by atomic mass is 10.2. The molecule has 0 aromatic carbocycles. The van der Waals surface area contributed by atoms with E-state index in [0.29, 0.717) is 6.04 Å². The van der Waals surface area contributed by atoms with E-state index in [1.165, 1.54) is 5.82 Å². The first-order valence-corrected chi connectivity index (χ1v) is 7.43. The third-order valence-corrected chi connectivity index (χ3v) is 3.29. The Morgan fingerprint density at radius 1 is 1.50 bits per heavy atom. The van der Waals surface area contributed by atoms with Crippen LogP contribution in [0, 0.1) is 0 Å². The van der Waals surface area contributed by atoms with Crippen molar-refractivity contribution in [3.05, 3.63) is 18.2 Å². The largest absolute Gasteiger partial charge is 0.335 e. The van der Waals surface area contributed by atoms with Crippen LogP contribution in [0.15, 0.2) is 12.4 Å². The molecule has 0 spiro atoms. The number of imidazole rings is 1. The fourth-order valence-electron chi connectivity index (χ4n) is 1.87. The monoisotopic (exact) mass is 241 g/mol. The molecular weight excluding hydrogens is 218 g/mol. The number of hydrogen-bond acceptors (Lipinski definition) is 3. The summed E-state index contributed by atoms with van der Waals surface area (Å²) in [5.74, 6) is 2.36. The molecule has 0 saturated heterocycles. The lowest BCUT2D eigenvalue weighted by Crippen LogP contribution is -2.34. The Kier molecular flexibility index (Phi) is 6.57. The molecule has 1 atom stereocenters. The zero-order valence-corrected chi connectivity index (χ0v) is 11.4. The number of likely N-dealkylation sites (N-methyl/N-ethyl adjacent to an activating group) is 1. The molecule has 1 aromatic heterocycles. The number of hydrogen-bond donors (Lipinski definition) is 1. The maximum Gasteiger partial charge on any atom is 0.110 e. The number of nitrogens with zero attached hydrogens (tertiary/aromatic N) is 2. The molecule has 92 valence electrons. The van der Waals surface area contributed by atoms with E-state index in [4.69, 9.17) is 0 Å². The molecule has 1 heterocycles. The van der Waals surface area contributed by atoms with Gasteiger partial charge in [-0.3, -0.25) is 0 Å². The summed E-state index contributed by atoms with van der Waals surface area (Å²) in [5.41, 5.74) is 0. The summed E-state index contributed by atoms with van der Waals surface area (Å²) in [6.07, 6.45) is 8.34. The predicted octanol–water partition coefficient (Wildman–Crippen LogP) is 2.18. The molecule has 3 nitrogen and oxygen atoms in total. The van der Waals surface area contributed by atoms with Gasteiger partial charge in [0, 0.05) is 37.2 Å². The highest BCUT2D eigenvalue weighted by Gasteiger charge is 2.11. The molecule has 1 N–H and O–H groups in total. The SMILES string of the molecule is CCCn1ccnc1CC(CSC)NCC. The highest BCUT2D eigenvalue weighted by molar-refractivity contribution is 7.98. The molecule has 0 aliphatic carbocycles. The smallest absolute Gasteiger partial charge is 0.110 e. The van der Waals surface area contributed by atoms with Crippen molar-refractivity contribution in [3.8, 4) is 0 Å². The second-order valence-corrected chi connectivity index (χ2v) is 4.86. The molecular formula is C12H23N3S. The first-order valence-electron chi connectivity index (χ1n) is 6.04. The summed E-state index contributed by atoms with van der Waals surface area (Å²) in [6.45, 7) is 6.46. The van der Waals surface area contributed by atoms with Crippen molar-refractivity contribution in [2.24, 2.45) is 0 Å². The van der Waals surface area contributed by atoms with Crippen LogP contribution in [0.2, 0.25) is 0 Å². The van der Waals surface area contributed by atoms with Gasteiger partial charge in [-0.15, -0.1) is 0 Å². The van der Waals surface area contributed by atoms with Gasteiger partial charge < -0.3 is 9.88 Å². The van der Waals surface area contributed by atoms with Gasteiger partial charge >= 0.3 is 0 Å². The Hall–Kier alpha value is -0.480. The fraction of sp³-hybridized carbons (Fsp3) is 0.750. The molecule has 1 aromatic rings. The van der Waals surface area contributed by atoms with Crippen LogP contribution in [0.25, 0.3) is 0 Å². The number of nitrogens with one attached hydrogen (secondary N) is 1. The Bertz CT molecular complexity index is 280. The fourth-order valence-corrected chi connectivity index (χ4v) is 2.51. The minimum absolute atomic E-state index is 0.540. The van der Waals surface area contributed by atoms with Crippen LogP contribution in [-0.4, -0.2) is 34.1 Å². The van der Waals surface area contributed by atoms with Crippen molar-refractivity contribution < 1.29 is 0 Å². The van der Waals surface area contributed by atoms with Crippen LogP contribution in [0.1, 0.15) is 26.1 Å². The second kappa shape index (κ2) is 7.74. The number of aromatic nitrogens is 2. The Labute approximate surface area is 103 Å². The lowest BCUT2D eigenvalue weighted by molar-refractivity contribution is 0.535. The topological polar surface area (TPSA) is 29.9 Å². The van der Waals surface area contributed by atoms with Crippen molar-refractivity contribution in [2.75, 3.05) is 18.6 Å². The zero-order valence-electron chi connectivity index (χ0n) is 10.6. The Balaban J connectivity index is 2.57. The van der Waals surface area contributed by atoms with Crippen LogP contribution < -0.4 is 5.32 Å². The van der Waals surface area contributed by atoms with Crippen LogP contribution in [0.4, 0.5) is 0 Å². The maximum atomic E-state index is 4.45. The van der Waals surface area contributed by atoms with Crippen molar-refractivity contribution >= 4 is 11.8 Å². The normalized spacial score (nSPS) is 12.9. The first-order chi connectivity index (χ1) is 7.81. The summed E-state index contributed by atoms with van der Waals surface area (Å²) in [7, 11) is 0. The summed E-state index contributed by atoms with van der Waals surface area (Å²) >= 11 is 1.89. The van der Waals surface area contributed by atoms with Gasteiger partial charge in [-0.25, -0.2) is 4.98 Å². The van der Waals surface area contributed by atoms with E-state index in [9.17, 15) is 0 Å². The molecule has 0 bridgehead atoms. The summed E-state index contributed by atoms with van der Waals surface area (Å²) < 4.78 is 2.27. The molecule has 0 amide bonds. The average Bonchev–Trinajstić information content (AvgIpc) is 2.67. The highest BCUT2D eigenvalue weighted by Crippen LogP contribution is 2.07. The quantitative estimate of drug-likeness (QED) is 0.756. The summed E-state index contributed by atoms with van der Waals surface area (Å²) in [4.78, 5) is 4.45. The molecule has 1 unspecified atom stereocenters. The average molecular weight is 241 g/mol. The van der Waals surface area contributed by atoms with Crippen LogP contribution >= 0.6 is 11.8 Å². The molecule has 4 heteroatoms. The van der Waals surface area contributed by atoms with E-state index in [1.807, 2.05) is 18.0 Å². The van der Waals surface area contributed by atoms with Crippen LogP contribution in [0.3, 0.4) is 0 Å². The van der Waals surface area contributed by atoms with Gasteiger partial charge in [-0.05, 0) is 19.2 Å². The second-order valence-electron chi connectivity index (χ2n) is 3.95. The van der Waals surface area contributed by atoms with Crippen molar-refractivity contribution in [1.29, 1.82) is 0 Å². The van der Waals surface area contributed by atoms with E-state index in [0.717, 1.165) is 31.7 Å². The van der Waals surface area contributed by atoms with Gasteiger partial charge in [0.1, 0.15) is 5.82 Å². The number of rotatable bonds is 8. The van der Waals surface area contributed by atoms with Crippen LogP contribution in [0.5, 0.6) is 0 Å². The number of aryl methyl sites for hydroxylation is 1. The van der Waals surface area contributed by atoms with Gasteiger partial charge in [-0.2, -0.15) is 11.8 Å². The van der Waals surface area contributed by atoms with Gasteiger partial charge in [0.2, 0.25) is 0 Å². The van der Waals surface area contributed by atoms with E-state index < -0.39 is 0 Å². The molecule has 0 aliphatic rings. The molecule has 0 radical (unpaired) electrons. The molecule has 1 rings (SSSR count). The third kappa shape index (κ3) is 4.18. The Morgan fingerprint density at radius 2 is 2.31 bits per heavy atom. The summed E-state index contributed by atoms with van der Waals surface area (Å²) in [6, 6.07) is 0.540. The molecule has 0 aliphatic heterocycles. The highest BCUT2D eigenvalue weighted by atomic mass is 32.2. The summed E-state index contributed by atoms with van der Waals surface area (Å²) in [5, 5.41) is 3.52. The van der Waals surface area contributed by atoms with Crippen LogP contribution in [-0.2, 0) is 13.0 Å². The minimum atomic E-state index is 0.540. The van der Waals surface area contributed by atoms with Gasteiger partial charge in [0.25, 0.3) is 0 Å². The van der Waals surface area contributed by atoms with Gasteiger partial charge in [0.15, 0.2) is 0 Å². The predicted molar refractivity (Wildman–Crippen MR) is 72.1 cm³/mol. The molecule has 0 fully saturated rings. The first kappa shape index (κ1) is 13.6. The van der Waals surface area contributed by atoms with E-state index in [-0.39, 0.29) is 0 Å². The molecule has 0 saturated carbocycles. The lowest BCUT2D eigenvalue weighted by Gasteiger charge is -2.17. The van der Waals surface area contributed by atoms with Crippen molar-refractivity contribution in [1.82, 2.24) is 14.9 Å². The molecule has 16 heavy (non-hydrogen) atoms. The van der Waals surface area contributed by atoms with Gasteiger partial charge in [-0.1, -0.05) is 13.8 Å². The number of thioether (sulfide) groups is 1. The van der Waals surface area contributed by atoms with E-state index in [1.54, 1.807) is 0 Å². The minimum Gasteiger partial charge on any atom is -0.335 e. The van der Waals surface area contributed by atoms with Gasteiger partial charge in [0.05, 0.1) is 0 Å². The maximum absolute atomic E-state index is 4.45. The van der Waals surface area contributed by atoms with E-state index in [2.05, 4.69) is 41.2 Å². The zero-order chi connectivity index (χ0) is 11.8. The third-order valence-electron chi connectivity index (χ3n) is 2.56. The van der Waals surface area contributed by atoms with E-state index >= 15 is 0 Å². The standard InChI is InChI=1S/C12H23N3S/c1-4-7-15-8-6-14-12(15)9-11(10-16-3)13-5-2/h6,8,11,13H,4-5,7,9-10H2,1-3H3. The van der Waals surface area contributed by atoms with Crippen molar-refractivity contribution in [2.45, 2.75) is 39.3 Å². The Morgan fingerprint density at radius 3 is 2.94 bits per heavy atom.